The molecule has 1 saturated carbocycles. The first kappa shape index (κ1) is 16.4. The van der Waals surface area contributed by atoms with Crippen molar-refractivity contribution >= 4 is 5.91 Å². The van der Waals surface area contributed by atoms with Gasteiger partial charge in [-0.2, -0.15) is 0 Å². The summed E-state index contributed by atoms with van der Waals surface area (Å²) in [6.07, 6.45) is 7.65. The van der Waals surface area contributed by atoms with Crippen LogP contribution in [-0.4, -0.2) is 37.0 Å². The van der Waals surface area contributed by atoms with Gasteiger partial charge < -0.3 is 10.2 Å². The van der Waals surface area contributed by atoms with Crippen LogP contribution in [0.4, 0.5) is 4.39 Å². The van der Waals surface area contributed by atoms with Crippen LogP contribution in [0.25, 0.3) is 0 Å². The van der Waals surface area contributed by atoms with Gasteiger partial charge in [0, 0.05) is 6.54 Å². The highest BCUT2D eigenvalue weighted by atomic mass is 19.1. The van der Waals surface area contributed by atoms with E-state index in [4.69, 9.17) is 0 Å². The Hall–Kier alpha value is -1.42. The Balaban J connectivity index is 1.45. The van der Waals surface area contributed by atoms with E-state index in [0.29, 0.717) is 0 Å². The highest BCUT2D eigenvalue weighted by Crippen LogP contribution is 2.43. The SMILES string of the molecule is O=C(NCCCCN1CCCC1)C1(c2ccc(F)cc2)CCC1. The third kappa shape index (κ3) is 3.74. The average molecular weight is 318 g/mol. The predicted octanol–water partition coefficient (Wildman–Crippen LogP) is 3.24. The van der Waals surface area contributed by atoms with E-state index in [1.807, 2.05) is 0 Å². The van der Waals surface area contributed by atoms with Gasteiger partial charge in [-0.3, -0.25) is 4.79 Å². The first-order valence-corrected chi connectivity index (χ1v) is 8.97. The molecule has 23 heavy (non-hydrogen) atoms. The number of unbranched alkanes of at least 4 members (excludes halogenated alkanes) is 1. The lowest BCUT2D eigenvalue weighted by Gasteiger charge is -2.40. The molecule has 0 atom stereocenters. The number of hydrogen-bond acceptors (Lipinski definition) is 2. The molecular formula is C19H27FN2O. The molecular weight excluding hydrogens is 291 g/mol. The highest BCUT2D eigenvalue weighted by Gasteiger charge is 2.45. The maximum absolute atomic E-state index is 13.1. The summed E-state index contributed by atoms with van der Waals surface area (Å²) >= 11 is 0. The number of benzene rings is 1. The van der Waals surface area contributed by atoms with Crippen molar-refractivity contribution in [3.63, 3.8) is 0 Å². The van der Waals surface area contributed by atoms with Crippen LogP contribution in [0, 0.1) is 5.82 Å². The third-order valence-electron chi connectivity index (χ3n) is 5.42. The lowest BCUT2D eigenvalue weighted by atomic mass is 9.64. The number of amides is 1. The predicted molar refractivity (Wildman–Crippen MR) is 89.8 cm³/mol. The number of likely N-dealkylation sites (tertiary alicyclic amines) is 1. The number of halogens is 1. The average Bonchev–Trinajstić information content (AvgIpc) is 3.01. The van der Waals surface area contributed by atoms with Crippen molar-refractivity contribution in [3.05, 3.63) is 35.6 Å². The topological polar surface area (TPSA) is 32.3 Å². The fraction of sp³-hybridized carbons (Fsp3) is 0.632. The molecule has 4 heteroatoms. The molecule has 1 aromatic carbocycles. The Bertz CT molecular complexity index is 519. The van der Waals surface area contributed by atoms with Gasteiger partial charge in [0.2, 0.25) is 5.91 Å². The van der Waals surface area contributed by atoms with E-state index < -0.39 is 5.41 Å². The Morgan fingerprint density at radius 2 is 1.78 bits per heavy atom. The van der Waals surface area contributed by atoms with Crippen LogP contribution in [0.3, 0.4) is 0 Å². The molecule has 0 spiro atoms. The van der Waals surface area contributed by atoms with E-state index in [1.54, 1.807) is 12.1 Å². The zero-order chi connectivity index (χ0) is 16.1. The number of nitrogens with zero attached hydrogens (tertiary/aromatic N) is 1. The minimum atomic E-state index is -0.414. The van der Waals surface area contributed by atoms with Crippen molar-refractivity contribution in [1.29, 1.82) is 0 Å². The second kappa shape index (κ2) is 7.43. The fourth-order valence-corrected chi connectivity index (χ4v) is 3.78. The van der Waals surface area contributed by atoms with Gasteiger partial charge in [0.1, 0.15) is 5.82 Å². The summed E-state index contributed by atoms with van der Waals surface area (Å²) in [5.41, 5.74) is 0.544. The second-order valence-electron chi connectivity index (χ2n) is 6.95. The van der Waals surface area contributed by atoms with Crippen LogP contribution in [-0.2, 0) is 10.2 Å². The first-order chi connectivity index (χ1) is 11.2. The van der Waals surface area contributed by atoms with E-state index in [9.17, 15) is 9.18 Å². The van der Waals surface area contributed by atoms with Crippen LogP contribution >= 0.6 is 0 Å². The molecule has 0 radical (unpaired) electrons. The molecule has 1 aromatic rings. The molecule has 0 bridgehead atoms. The van der Waals surface area contributed by atoms with Crippen LogP contribution < -0.4 is 5.32 Å². The van der Waals surface area contributed by atoms with E-state index in [-0.39, 0.29) is 11.7 Å². The van der Waals surface area contributed by atoms with Crippen LogP contribution in [0.2, 0.25) is 0 Å². The van der Waals surface area contributed by atoms with E-state index >= 15 is 0 Å². The third-order valence-corrected chi connectivity index (χ3v) is 5.42. The number of rotatable bonds is 7. The Morgan fingerprint density at radius 1 is 1.09 bits per heavy atom. The zero-order valence-electron chi connectivity index (χ0n) is 13.8. The Labute approximate surface area is 138 Å². The second-order valence-corrected chi connectivity index (χ2v) is 6.95. The van der Waals surface area contributed by atoms with Crippen molar-refractivity contribution in [2.75, 3.05) is 26.2 Å². The normalized spacial score (nSPS) is 20.2. The quantitative estimate of drug-likeness (QED) is 0.783. The van der Waals surface area contributed by atoms with Gasteiger partial charge in [0.15, 0.2) is 0 Å². The Morgan fingerprint density at radius 3 is 2.39 bits per heavy atom. The lowest BCUT2D eigenvalue weighted by Crippen LogP contribution is -2.49. The van der Waals surface area contributed by atoms with Gasteiger partial charge in [0.25, 0.3) is 0 Å². The molecule has 0 unspecified atom stereocenters. The first-order valence-electron chi connectivity index (χ1n) is 8.97. The highest BCUT2D eigenvalue weighted by molar-refractivity contribution is 5.89. The molecule has 1 aliphatic heterocycles. The minimum absolute atomic E-state index is 0.122. The number of nitrogens with one attached hydrogen (secondary N) is 1. The van der Waals surface area contributed by atoms with Gasteiger partial charge in [0.05, 0.1) is 5.41 Å². The van der Waals surface area contributed by atoms with Gasteiger partial charge in [-0.15, -0.1) is 0 Å². The molecule has 1 amide bonds. The summed E-state index contributed by atoms with van der Waals surface area (Å²) < 4.78 is 13.1. The van der Waals surface area contributed by atoms with E-state index in [2.05, 4.69) is 10.2 Å². The molecule has 3 nitrogen and oxygen atoms in total. The summed E-state index contributed by atoms with van der Waals surface area (Å²) in [5.74, 6) is -0.123. The molecule has 126 valence electrons. The van der Waals surface area contributed by atoms with Crippen molar-refractivity contribution < 1.29 is 9.18 Å². The number of hydrogen-bond donors (Lipinski definition) is 1. The van der Waals surface area contributed by atoms with Crippen molar-refractivity contribution in [3.8, 4) is 0 Å². The molecule has 0 aromatic heterocycles. The lowest BCUT2D eigenvalue weighted by molar-refractivity contribution is -0.129. The summed E-state index contributed by atoms with van der Waals surface area (Å²) in [7, 11) is 0. The van der Waals surface area contributed by atoms with Crippen LogP contribution in [0.1, 0.15) is 50.5 Å². The van der Waals surface area contributed by atoms with Crippen molar-refractivity contribution in [2.45, 2.75) is 50.4 Å². The summed E-state index contributed by atoms with van der Waals surface area (Å²) in [5, 5.41) is 3.11. The monoisotopic (exact) mass is 318 g/mol. The summed E-state index contributed by atoms with van der Waals surface area (Å²) in [6.45, 7) is 4.37. The molecule has 1 heterocycles. The van der Waals surface area contributed by atoms with E-state index in [0.717, 1.165) is 50.8 Å². The Kier molecular flexibility index (Phi) is 5.31. The molecule has 2 fully saturated rings. The molecule has 3 rings (SSSR count). The summed E-state index contributed by atoms with van der Waals surface area (Å²) in [6, 6.07) is 6.44. The molecule has 1 N–H and O–H groups in total. The molecule has 2 aliphatic rings. The van der Waals surface area contributed by atoms with Crippen molar-refractivity contribution in [1.82, 2.24) is 10.2 Å². The van der Waals surface area contributed by atoms with Crippen molar-refractivity contribution in [2.24, 2.45) is 0 Å². The maximum Gasteiger partial charge on any atom is 0.230 e. The number of carbonyl (C=O) groups is 1. The van der Waals surface area contributed by atoms with Gasteiger partial charge in [-0.05, 0) is 75.9 Å². The molecule has 1 saturated heterocycles. The largest absolute Gasteiger partial charge is 0.355 e. The van der Waals surface area contributed by atoms with Crippen LogP contribution in [0.5, 0.6) is 0 Å². The number of carbonyl (C=O) groups excluding carboxylic acids is 1. The smallest absolute Gasteiger partial charge is 0.230 e. The van der Waals surface area contributed by atoms with Crippen LogP contribution in [0.15, 0.2) is 24.3 Å². The minimum Gasteiger partial charge on any atom is -0.355 e. The van der Waals surface area contributed by atoms with E-state index in [1.165, 1.54) is 38.1 Å². The van der Waals surface area contributed by atoms with Gasteiger partial charge >= 0.3 is 0 Å². The van der Waals surface area contributed by atoms with Gasteiger partial charge in [-0.25, -0.2) is 4.39 Å². The zero-order valence-corrected chi connectivity index (χ0v) is 13.8. The standard InChI is InChI=1S/C19H27FN2O/c20-17-8-6-16(7-9-17)19(10-5-11-19)18(23)21-12-1-2-13-22-14-3-4-15-22/h6-9H,1-5,10-15H2,(H,21,23). The summed E-state index contributed by atoms with van der Waals surface area (Å²) in [4.78, 5) is 15.1. The maximum atomic E-state index is 13.1. The fourth-order valence-electron chi connectivity index (χ4n) is 3.78. The van der Waals surface area contributed by atoms with Gasteiger partial charge in [-0.1, -0.05) is 18.6 Å². The molecule has 1 aliphatic carbocycles.